The van der Waals surface area contributed by atoms with Gasteiger partial charge in [0.15, 0.2) is 0 Å². The molecular formula is C23H20Cl2N2O3. The van der Waals surface area contributed by atoms with Crippen LogP contribution in [0.25, 0.3) is 11.3 Å². The number of pyridine rings is 1. The lowest BCUT2D eigenvalue weighted by Crippen LogP contribution is -2.49. The van der Waals surface area contributed by atoms with E-state index in [1.165, 1.54) is 0 Å². The van der Waals surface area contributed by atoms with Crippen molar-refractivity contribution in [2.75, 3.05) is 13.1 Å². The van der Waals surface area contributed by atoms with Gasteiger partial charge in [-0.3, -0.25) is 9.59 Å². The van der Waals surface area contributed by atoms with Crippen LogP contribution in [0.15, 0.2) is 51.7 Å². The molecule has 2 atom stereocenters. The number of hydrogen-bond acceptors (Lipinski definition) is 3. The van der Waals surface area contributed by atoms with Gasteiger partial charge in [0.25, 0.3) is 11.5 Å². The Morgan fingerprint density at radius 1 is 1.10 bits per heavy atom. The molecule has 1 saturated heterocycles. The molecule has 2 aliphatic heterocycles. The monoisotopic (exact) mass is 442 g/mol. The van der Waals surface area contributed by atoms with Crippen molar-refractivity contribution in [1.82, 2.24) is 9.47 Å². The highest BCUT2D eigenvalue weighted by atomic mass is 35.5. The molecule has 2 aliphatic rings. The first-order chi connectivity index (χ1) is 14.4. The Morgan fingerprint density at radius 3 is 2.77 bits per heavy atom. The van der Waals surface area contributed by atoms with Crippen molar-refractivity contribution in [3.05, 3.63) is 79.9 Å². The number of furan rings is 1. The number of aromatic nitrogens is 1. The van der Waals surface area contributed by atoms with Gasteiger partial charge in [0, 0.05) is 47.9 Å². The number of aryl methyl sites for hydroxylation is 1. The Kier molecular flexibility index (Phi) is 4.75. The second-order valence-corrected chi connectivity index (χ2v) is 8.96. The van der Waals surface area contributed by atoms with E-state index in [2.05, 4.69) is 0 Å². The van der Waals surface area contributed by atoms with E-state index in [9.17, 15) is 9.59 Å². The first kappa shape index (κ1) is 19.5. The maximum Gasteiger partial charge on any atom is 0.257 e. The topological polar surface area (TPSA) is 55.5 Å². The van der Waals surface area contributed by atoms with E-state index in [1.54, 1.807) is 43.3 Å². The smallest absolute Gasteiger partial charge is 0.257 e. The predicted octanol–water partition coefficient (Wildman–Crippen LogP) is 4.98. The maximum atomic E-state index is 13.4. The molecule has 2 unspecified atom stereocenters. The van der Waals surface area contributed by atoms with Crippen LogP contribution in [0.4, 0.5) is 0 Å². The van der Waals surface area contributed by atoms with Crippen LogP contribution in [0, 0.1) is 12.8 Å². The van der Waals surface area contributed by atoms with Crippen LogP contribution in [0.1, 0.15) is 34.2 Å². The van der Waals surface area contributed by atoms with E-state index in [4.69, 9.17) is 27.6 Å². The zero-order valence-electron chi connectivity index (χ0n) is 16.4. The average molecular weight is 443 g/mol. The number of likely N-dealkylation sites (tertiary alicyclic amines) is 1. The number of fused-ring (bicyclic) bond motifs is 4. The third-order valence-electron chi connectivity index (χ3n) is 6.11. The summed E-state index contributed by atoms with van der Waals surface area (Å²) >= 11 is 12.4. The van der Waals surface area contributed by atoms with Crippen LogP contribution >= 0.6 is 23.2 Å². The van der Waals surface area contributed by atoms with Gasteiger partial charge in [-0.1, -0.05) is 29.3 Å². The van der Waals surface area contributed by atoms with Gasteiger partial charge in [-0.15, -0.1) is 0 Å². The molecule has 0 saturated carbocycles. The molecule has 4 heterocycles. The van der Waals surface area contributed by atoms with Gasteiger partial charge in [-0.25, -0.2) is 0 Å². The Balaban J connectivity index is 1.44. The van der Waals surface area contributed by atoms with E-state index in [-0.39, 0.29) is 23.3 Å². The van der Waals surface area contributed by atoms with E-state index < -0.39 is 0 Å². The number of rotatable bonds is 2. The van der Waals surface area contributed by atoms with Crippen LogP contribution in [-0.2, 0) is 6.54 Å². The molecule has 154 valence electrons. The van der Waals surface area contributed by atoms with Gasteiger partial charge in [-0.2, -0.15) is 0 Å². The number of benzene rings is 1. The summed E-state index contributed by atoms with van der Waals surface area (Å²) in [6, 6.07) is 12.3. The standard InChI is InChI=1S/C23H20Cl2N2O3/c1-13-17(9-21(30-13)18-8-16(24)5-6-19(18)25)23(29)26-10-14-7-15(12-26)20-3-2-4-22(28)27(20)11-14/h2-6,8-9,14-15H,7,10-12H2,1H3. The third kappa shape index (κ3) is 3.26. The highest BCUT2D eigenvalue weighted by Crippen LogP contribution is 2.37. The Labute approximate surface area is 183 Å². The summed E-state index contributed by atoms with van der Waals surface area (Å²) in [4.78, 5) is 27.5. The first-order valence-electron chi connectivity index (χ1n) is 9.95. The lowest BCUT2D eigenvalue weighted by molar-refractivity contribution is 0.0593. The number of nitrogens with zero attached hydrogens (tertiary/aromatic N) is 2. The summed E-state index contributed by atoms with van der Waals surface area (Å²) < 4.78 is 7.74. The fourth-order valence-corrected chi connectivity index (χ4v) is 5.13. The molecule has 2 bridgehead atoms. The molecule has 0 spiro atoms. The number of carbonyl (C=O) groups is 1. The van der Waals surface area contributed by atoms with Crippen LogP contribution in [0.5, 0.6) is 0 Å². The van der Waals surface area contributed by atoms with Crippen molar-refractivity contribution in [2.24, 2.45) is 5.92 Å². The molecule has 0 aliphatic carbocycles. The summed E-state index contributed by atoms with van der Waals surface area (Å²) in [5.41, 5.74) is 2.25. The first-order valence-corrected chi connectivity index (χ1v) is 10.7. The molecular weight excluding hydrogens is 423 g/mol. The fraction of sp³-hybridized carbons (Fsp3) is 0.304. The molecule has 1 aromatic carbocycles. The van der Waals surface area contributed by atoms with Crippen molar-refractivity contribution in [1.29, 1.82) is 0 Å². The van der Waals surface area contributed by atoms with Crippen molar-refractivity contribution >= 4 is 29.1 Å². The van der Waals surface area contributed by atoms with E-state index in [1.807, 2.05) is 15.5 Å². The van der Waals surface area contributed by atoms with Gasteiger partial charge < -0.3 is 13.9 Å². The molecule has 5 rings (SSSR count). The van der Waals surface area contributed by atoms with Crippen LogP contribution in [0.3, 0.4) is 0 Å². The van der Waals surface area contributed by atoms with Crippen molar-refractivity contribution in [3.8, 4) is 11.3 Å². The number of amides is 1. The second-order valence-electron chi connectivity index (χ2n) is 8.11. The SMILES string of the molecule is Cc1oc(-c2cc(Cl)ccc2Cl)cc1C(=O)N1CC2CC(C1)c1cccc(=O)n1C2. The number of halogens is 2. The van der Waals surface area contributed by atoms with Crippen LogP contribution < -0.4 is 5.56 Å². The molecule has 7 heteroatoms. The molecule has 5 nitrogen and oxygen atoms in total. The minimum atomic E-state index is -0.0536. The van der Waals surface area contributed by atoms with Gasteiger partial charge >= 0.3 is 0 Å². The number of carbonyl (C=O) groups excluding carboxylic acids is 1. The summed E-state index contributed by atoms with van der Waals surface area (Å²) in [7, 11) is 0. The van der Waals surface area contributed by atoms with E-state index in [0.29, 0.717) is 52.3 Å². The van der Waals surface area contributed by atoms with Crippen LogP contribution in [0.2, 0.25) is 10.0 Å². The zero-order chi connectivity index (χ0) is 21.0. The minimum absolute atomic E-state index is 0.0377. The van der Waals surface area contributed by atoms with Gasteiger partial charge in [0.1, 0.15) is 11.5 Å². The molecule has 0 N–H and O–H groups in total. The Bertz CT molecular complexity index is 1210. The lowest BCUT2D eigenvalue weighted by atomic mass is 9.83. The second kappa shape index (κ2) is 7.33. The highest BCUT2D eigenvalue weighted by molar-refractivity contribution is 6.35. The fourth-order valence-electron chi connectivity index (χ4n) is 4.75. The lowest BCUT2D eigenvalue weighted by Gasteiger charge is -2.42. The van der Waals surface area contributed by atoms with Gasteiger partial charge in [-0.05, 0) is 49.6 Å². The Morgan fingerprint density at radius 2 is 1.93 bits per heavy atom. The van der Waals surface area contributed by atoms with Crippen LogP contribution in [-0.4, -0.2) is 28.5 Å². The van der Waals surface area contributed by atoms with Crippen molar-refractivity contribution in [3.63, 3.8) is 0 Å². The molecule has 1 amide bonds. The minimum Gasteiger partial charge on any atom is -0.460 e. The largest absolute Gasteiger partial charge is 0.460 e. The van der Waals surface area contributed by atoms with E-state index >= 15 is 0 Å². The van der Waals surface area contributed by atoms with Crippen molar-refractivity contribution < 1.29 is 9.21 Å². The number of piperidine rings is 1. The highest BCUT2D eigenvalue weighted by Gasteiger charge is 2.37. The quantitative estimate of drug-likeness (QED) is 0.561. The molecule has 2 aromatic heterocycles. The predicted molar refractivity (Wildman–Crippen MR) is 116 cm³/mol. The summed E-state index contributed by atoms with van der Waals surface area (Å²) in [6.07, 6.45) is 1.00. The normalized spacial score (nSPS) is 20.2. The molecule has 30 heavy (non-hydrogen) atoms. The molecule has 1 fully saturated rings. The summed E-state index contributed by atoms with van der Waals surface area (Å²) in [5, 5.41) is 1.07. The number of hydrogen-bond donors (Lipinski definition) is 0. The molecule has 0 radical (unpaired) electrons. The van der Waals surface area contributed by atoms with Crippen molar-refractivity contribution in [2.45, 2.75) is 25.8 Å². The summed E-state index contributed by atoms with van der Waals surface area (Å²) in [6.45, 7) is 3.67. The molecule has 3 aromatic rings. The zero-order valence-corrected chi connectivity index (χ0v) is 17.9. The van der Waals surface area contributed by atoms with Gasteiger partial charge in [0.2, 0.25) is 0 Å². The van der Waals surface area contributed by atoms with Gasteiger partial charge in [0.05, 0.1) is 10.6 Å². The average Bonchev–Trinajstić information content (AvgIpc) is 3.11. The Hall–Kier alpha value is -2.50. The maximum absolute atomic E-state index is 13.4. The summed E-state index contributed by atoms with van der Waals surface area (Å²) in [5.74, 6) is 1.47. The van der Waals surface area contributed by atoms with E-state index in [0.717, 1.165) is 12.1 Å². The third-order valence-corrected chi connectivity index (χ3v) is 6.67.